The Morgan fingerprint density at radius 1 is 1.38 bits per heavy atom. The zero-order valence-corrected chi connectivity index (χ0v) is 13.5. The van der Waals surface area contributed by atoms with Gasteiger partial charge in [-0.2, -0.15) is 0 Å². The van der Waals surface area contributed by atoms with E-state index < -0.39 is 0 Å². The summed E-state index contributed by atoms with van der Waals surface area (Å²) < 4.78 is 0. The van der Waals surface area contributed by atoms with E-state index in [2.05, 4.69) is 34.0 Å². The number of aryl methyl sites for hydroxylation is 1. The lowest BCUT2D eigenvalue weighted by atomic mass is 10.1. The Balaban J connectivity index is 1.78. The van der Waals surface area contributed by atoms with E-state index in [9.17, 15) is 0 Å². The van der Waals surface area contributed by atoms with Gasteiger partial charge < -0.3 is 10.2 Å². The van der Waals surface area contributed by atoms with Crippen molar-refractivity contribution in [2.75, 3.05) is 18.4 Å². The molecule has 2 aromatic heterocycles. The topological polar surface area (TPSA) is 53.9 Å². The van der Waals surface area contributed by atoms with Crippen molar-refractivity contribution in [2.45, 2.75) is 39.2 Å². The molecule has 1 aliphatic heterocycles. The molecule has 6 heteroatoms. The number of anilines is 2. The lowest BCUT2D eigenvalue weighted by Gasteiger charge is -2.20. The number of hydrogen-bond donors (Lipinski definition) is 1. The van der Waals surface area contributed by atoms with Crippen molar-refractivity contribution in [3.8, 4) is 0 Å². The molecule has 0 amide bonds. The van der Waals surface area contributed by atoms with Gasteiger partial charge in [0.15, 0.2) is 5.13 Å². The standard InChI is InChI=1S/C15H21N5S/c1-10(2)20-6-4-12(9-20)14-17-11(3)8-13(18-14)19-15-16-5-7-21-15/h5,7-8,10,12H,4,6,9H2,1-3H3,(H,16,17,18,19). The number of hydrogen-bond acceptors (Lipinski definition) is 6. The fraction of sp³-hybridized carbons (Fsp3) is 0.533. The second-order valence-electron chi connectivity index (χ2n) is 5.79. The Kier molecular flexibility index (Phi) is 4.17. The second-order valence-corrected chi connectivity index (χ2v) is 6.68. The van der Waals surface area contributed by atoms with Crippen LogP contribution in [0, 0.1) is 6.92 Å². The fourth-order valence-corrected chi connectivity index (χ4v) is 3.24. The predicted molar refractivity (Wildman–Crippen MR) is 86.2 cm³/mol. The molecule has 0 saturated carbocycles. The lowest BCUT2D eigenvalue weighted by Crippen LogP contribution is -2.28. The Labute approximate surface area is 129 Å². The first kappa shape index (κ1) is 14.4. The van der Waals surface area contributed by atoms with Crippen LogP contribution in [0.4, 0.5) is 10.9 Å². The van der Waals surface area contributed by atoms with E-state index >= 15 is 0 Å². The first-order valence-corrected chi connectivity index (χ1v) is 8.26. The van der Waals surface area contributed by atoms with Crippen LogP contribution in [0.1, 0.15) is 37.7 Å². The van der Waals surface area contributed by atoms with Gasteiger partial charge >= 0.3 is 0 Å². The van der Waals surface area contributed by atoms with Crippen LogP contribution in [-0.4, -0.2) is 39.0 Å². The van der Waals surface area contributed by atoms with E-state index in [4.69, 9.17) is 4.98 Å². The molecule has 0 aromatic carbocycles. The molecule has 0 bridgehead atoms. The monoisotopic (exact) mass is 303 g/mol. The van der Waals surface area contributed by atoms with Crippen molar-refractivity contribution in [3.05, 3.63) is 29.2 Å². The highest BCUT2D eigenvalue weighted by atomic mass is 32.1. The van der Waals surface area contributed by atoms with Gasteiger partial charge in [0.05, 0.1) is 0 Å². The molecule has 1 unspecified atom stereocenters. The maximum Gasteiger partial charge on any atom is 0.188 e. The van der Waals surface area contributed by atoms with Crippen molar-refractivity contribution < 1.29 is 0 Å². The molecule has 3 heterocycles. The highest BCUT2D eigenvalue weighted by molar-refractivity contribution is 7.13. The summed E-state index contributed by atoms with van der Waals surface area (Å²) in [5, 5.41) is 6.09. The first-order chi connectivity index (χ1) is 10.1. The van der Waals surface area contributed by atoms with Crippen LogP contribution in [0.5, 0.6) is 0 Å². The summed E-state index contributed by atoms with van der Waals surface area (Å²) in [4.78, 5) is 16.1. The molecule has 2 aromatic rings. The average Bonchev–Trinajstić information content (AvgIpc) is 3.08. The van der Waals surface area contributed by atoms with Gasteiger partial charge in [-0.15, -0.1) is 11.3 Å². The van der Waals surface area contributed by atoms with Crippen molar-refractivity contribution in [3.63, 3.8) is 0 Å². The van der Waals surface area contributed by atoms with E-state index in [-0.39, 0.29) is 0 Å². The van der Waals surface area contributed by atoms with E-state index in [1.165, 1.54) is 0 Å². The Hall–Kier alpha value is -1.53. The van der Waals surface area contributed by atoms with Crippen LogP contribution >= 0.6 is 11.3 Å². The molecule has 21 heavy (non-hydrogen) atoms. The van der Waals surface area contributed by atoms with Gasteiger partial charge in [-0.05, 0) is 33.7 Å². The summed E-state index contributed by atoms with van der Waals surface area (Å²) >= 11 is 1.58. The molecule has 1 saturated heterocycles. The molecular formula is C15H21N5S. The zero-order valence-electron chi connectivity index (χ0n) is 12.7. The summed E-state index contributed by atoms with van der Waals surface area (Å²) in [5.74, 6) is 2.23. The molecule has 5 nitrogen and oxygen atoms in total. The molecule has 1 fully saturated rings. The minimum absolute atomic E-state index is 0.434. The van der Waals surface area contributed by atoms with E-state index in [1.54, 1.807) is 17.5 Å². The number of aromatic nitrogens is 3. The summed E-state index contributed by atoms with van der Waals surface area (Å²) in [7, 11) is 0. The van der Waals surface area contributed by atoms with E-state index in [0.29, 0.717) is 12.0 Å². The fourth-order valence-electron chi connectivity index (χ4n) is 2.70. The molecule has 1 atom stereocenters. The third-order valence-corrected chi connectivity index (χ3v) is 4.54. The van der Waals surface area contributed by atoms with Crippen LogP contribution in [0.2, 0.25) is 0 Å². The van der Waals surface area contributed by atoms with Gasteiger partial charge in [0, 0.05) is 41.8 Å². The number of rotatable bonds is 4. The highest BCUT2D eigenvalue weighted by Crippen LogP contribution is 2.27. The van der Waals surface area contributed by atoms with Crippen molar-refractivity contribution in [1.82, 2.24) is 19.9 Å². The molecule has 1 N–H and O–H groups in total. The quantitative estimate of drug-likeness (QED) is 0.940. The molecular weight excluding hydrogens is 282 g/mol. The van der Waals surface area contributed by atoms with Gasteiger partial charge in [-0.1, -0.05) is 0 Å². The van der Waals surface area contributed by atoms with Gasteiger partial charge in [0.1, 0.15) is 11.6 Å². The van der Waals surface area contributed by atoms with Crippen LogP contribution in [0.15, 0.2) is 17.6 Å². The maximum absolute atomic E-state index is 4.70. The normalized spacial score (nSPS) is 19.3. The van der Waals surface area contributed by atoms with Crippen LogP contribution in [0.25, 0.3) is 0 Å². The largest absolute Gasteiger partial charge is 0.316 e. The molecule has 0 radical (unpaired) electrons. The summed E-state index contributed by atoms with van der Waals surface area (Å²) in [6.45, 7) is 8.70. The lowest BCUT2D eigenvalue weighted by molar-refractivity contribution is 0.272. The van der Waals surface area contributed by atoms with Crippen molar-refractivity contribution >= 4 is 22.3 Å². The van der Waals surface area contributed by atoms with Gasteiger partial charge in [-0.25, -0.2) is 15.0 Å². The third kappa shape index (κ3) is 3.39. The van der Waals surface area contributed by atoms with Gasteiger partial charge in [-0.3, -0.25) is 0 Å². The maximum atomic E-state index is 4.70. The van der Waals surface area contributed by atoms with E-state index in [1.807, 2.05) is 18.4 Å². The number of likely N-dealkylation sites (tertiary alicyclic amines) is 1. The smallest absolute Gasteiger partial charge is 0.188 e. The van der Waals surface area contributed by atoms with Crippen LogP contribution in [0.3, 0.4) is 0 Å². The predicted octanol–water partition coefficient (Wildman–Crippen LogP) is 3.18. The SMILES string of the molecule is Cc1cc(Nc2nccs2)nc(C2CCN(C(C)C)C2)n1. The number of thiazole rings is 1. The second kappa shape index (κ2) is 6.07. The summed E-state index contributed by atoms with van der Waals surface area (Å²) in [6.07, 6.45) is 2.93. The van der Waals surface area contributed by atoms with Gasteiger partial charge in [0.2, 0.25) is 0 Å². The molecule has 3 rings (SSSR count). The van der Waals surface area contributed by atoms with E-state index in [0.717, 1.165) is 42.0 Å². The minimum Gasteiger partial charge on any atom is -0.316 e. The average molecular weight is 303 g/mol. The van der Waals surface area contributed by atoms with Gasteiger partial charge in [0.25, 0.3) is 0 Å². The highest BCUT2D eigenvalue weighted by Gasteiger charge is 2.27. The minimum atomic E-state index is 0.434. The zero-order chi connectivity index (χ0) is 14.8. The van der Waals surface area contributed by atoms with Crippen molar-refractivity contribution in [2.24, 2.45) is 0 Å². The van der Waals surface area contributed by atoms with Crippen LogP contribution < -0.4 is 5.32 Å². The Morgan fingerprint density at radius 3 is 2.90 bits per heavy atom. The summed E-state index contributed by atoms with van der Waals surface area (Å²) in [6, 6.07) is 2.56. The molecule has 0 aliphatic carbocycles. The summed E-state index contributed by atoms with van der Waals surface area (Å²) in [5.41, 5.74) is 1.00. The molecule has 1 aliphatic rings. The number of nitrogens with one attached hydrogen (secondary N) is 1. The van der Waals surface area contributed by atoms with Crippen molar-refractivity contribution in [1.29, 1.82) is 0 Å². The van der Waals surface area contributed by atoms with Crippen LogP contribution in [-0.2, 0) is 0 Å². The molecule has 112 valence electrons. The number of nitrogens with zero attached hydrogens (tertiary/aromatic N) is 4. The Morgan fingerprint density at radius 2 is 2.24 bits per heavy atom. The Bertz CT molecular complexity index is 596. The first-order valence-electron chi connectivity index (χ1n) is 7.38. The third-order valence-electron chi connectivity index (χ3n) is 3.85. The molecule has 0 spiro atoms.